The summed E-state index contributed by atoms with van der Waals surface area (Å²) in [5.74, 6) is -1.36. The maximum atomic E-state index is 13.6. The molecule has 0 bridgehead atoms. The van der Waals surface area contributed by atoms with Gasteiger partial charge in [-0.25, -0.2) is 4.39 Å². The summed E-state index contributed by atoms with van der Waals surface area (Å²) >= 11 is 5.95. The van der Waals surface area contributed by atoms with Crippen molar-refractivity contribution in [2.24, 2.45) is 5.92 Å². The molecule has 2 N–H and O–H groups in total. The van der Waals surface area contributed by atoms with E-state index in [9.17, 15) is 9.18 Å². The molecule has 2 atom stereocenters. The van der Waals surface area contributed by atoms with Crippen LogP contribution in [0.1, 0.15) is 31.2 Å². The third-order valence-electron chi connectivity index (χ3n) is 3.65. The van der Waals surface area contributed by atoms with Gasteiger partial charge < -0.3 is 10.4 Å². The van der Waals surface area contributed by atoms with Crippen LogP contribution in [0.5, 0.6) is 0 Å². The zero-order chi connectivity index (χ0) is 13.8. The molecule has 2 unspecified atom stereocenters. The van der Waals surface area contributed by atoms with Gasteiger partial charge in [0.2, 0.25) is 0 Å². The molecule has 1 aliphatic carbocycles. The van der Waals surface area contributed by atoms with Gasteiger partial charge in [-0.2, -0.15) is 0 Å². The third-order valence-corrected chi connectivity index (χ3v) is 4.01. The summed E-state index contributed by atoms with van der Waals surface area (Å²) in [5.41, 5.74) is 0.446. The smallest absolute Gasteiger partial charge is 0.306 e. The first kappa shape index (κ1) is 14.3. The van der Waals surface area contributed by atoms with E-state index in [1.807, 2.05) is 0 Å². The second kappa shape index (κ2) is 6.35. The van der Waals surface area contributed by atoms with Crippen molar-refractivity contribution in [3.63, 3.8) is 0 Å². The Kier molecular flexibility index (Phi) is 4.77. The fraction of sp³-hybridized carbons (Fsp3) is 0.500. The number of carboxylic acid groups (broad SMARTS) is 1. The number of carboxylic acids is 1. The lowest BCUT2D eigenvalue weighted by molar-refractivity contribution is -0.143. The Morgan fingerprint density at radius 2 is 2.26 bits per heavy atom. The van der Waals surface area contributed by atoms with Crippen LogP contribution in [0.4, 0.5) is 4.39 Å². The lowest BCUT2D eigenvalue weighted by Gasteiger charge is -2.27. The van der Waals surface area contributed by atoms with Crippen LogP contribution < -0.4 is 5.32 Å². The van der Waals surface area contributed by atoms with Gasteiger partial charge in [-0.05, 0) is 31.4 Å². The van der Waals surface area contributed by atoms with Crippen LogP contribution in [-0.2, 0) is 11.3 Å². The van der Waals surface area contributed by atoms with Gasteiger partial charge >= 0.3 is 5.97 Å². The standard InChI is InChI=1S/C14H17ClFNO2/c15-12-5-2-6-13(16)11(12)8-17-10-4-1-3-9(7-10)14(18)19/h2,5-6,9-10,17H,1,3-4,7-8H2,(H,18,19). The minimum absolute atomic E-state index is 0.116. The van der Waals surface area contributed by atoms with E-state index < -0.39 is 5.97 Å². The van der Waals surface area contributed by atoms with Crippen LogP contribution in [0.2, 0.25) is 5.02 Å². The largest absolute Gasteiger partial charge is 0.481 e. The molecule has 0 aromatic heterocycles. The van der Waals surface area contributed by atoms with Crippen molar-refractivity contribution < 1.29 is 14.3 Å². The van der Waals surface area contributed by atoms with E-state index in [1.165, 1.54) is 6.07 Å². The molecule has 1 aliphatic rings. The second-order valence-corrected chi connectivity index (χ2v) is 5.39. The van der Waals surface area contributed by atoms with Crippen LogP contribution in [0, 0.1) is 11.7 Å². The Labute approximate surface area is 116 Å². The summed E-state index contributed by atoms with van der Waals surface area (Å²) < 4.78 is 13.6. The highest BCUT2D eigenvalue weighted by atomic mass is 35.5. The van der Waals surface area contributed by atoms with E-state index in [-0.39, 0.29) is 17.8 Å². The molecule has 104 valence electrons. The van der Waals surface area contributed by atoms with Crippen molar-refractivity contribution in [3.8, 4) is 0 Å². The third kappa shape index (κ3) is 3.67. The number of carbonyl (C=O) groups is 1. The first-order valence-electron chi connectivity index (χ1n) is 6.47. The molecule has 1 fully saturated rings. The van der Waals surface area contributed by atoms with E-state index >= 15 is 0 Å². The maximum absolute atomic E-state index is 13.6. The van der Waals surface area contributed by atoms with E-state index in [4.69, 9.17) is 16.7 Å². The van der Waals surface area contributed by atoms with Gasteiger partial charge in [-0.3, -0.25) is 4.79 Å². The molecule has 0 radical (unpaired) electrons. The summed E-state index contributed by atoms with van der Waals surface area (Å²) in [6.45, 7) is 0.336. The van der Waals surface area contributed by atoms with Gasteiger partial charge in [0.15, 0.2) is 0 Å². The zero-order valence-electron chi connectivity index (χ0n) is 10.5. The van der Waals surface area contributed by atoms with E-state index in [0.29, 0.717) is 23.6 Å². The normalized spacial score (nSPS) is 23.3. The van der Waals surface area contributed by atoms with Crippen molar-refractivity contribution in [2.45, 2.75) is 38.3 Å². The van der Waals surface area contributed by atoms with Crippen LogP contribution >= 0.6 is 11.6 Å². The van der Waals surface area contributed by atoms with Gasteiger partial charge in [0, 0.05) is 23.2 Å². The van der Waals surface area contributed by atoms with Gasteiger partial charge in [0.25, 0.3) is 0 Å². The summed E-state index contributed by atoms with van der Waals surface area (Å²) in [7, 11) is 0. The van der Waals surface area contributed by atoms with Crippen molar-refractivity contribution in [1.82, 2.24) is 5.32 Å². The van der Waals surface area contributed by atoms with Crippen molar-refractivity contribution in [2.75, 3.05) is 0 Å². The summed E-state index contributed by atoms with van der Waals surface area (Å²) in [6.07, 6.45) is 3.14. The molecule has 0 heterocycles. The highest BCUT2D eigenvalue weighted by Crippen LogP contribution is 2.25. The summed E-state index contributed by atoms with van der Waals surface area (Å²) in [5, 5.41) is 12.6. The summed E-state index contributed by atoms with van der Waals surface area (Å²) in [4.78, 5) is 11.0. The van der Waals surface area contributed by atoms with Gasteiger partial charge in [0.1, 0.15) is 5.82 Å². The van der Waals surface area contributed by atoms with Gasteiger partial charge in [-0.1, -0.05) is 24.1 Å². The minimum atomic E-state index is -0.740. The van der Waals surface area contributed by atoms with Gasteiger partial charge in [0.05, 0.1) is 5.92 Å². The molecule has 3 nitrogen and oxygen atoms in total. The molecule has 0 saturated heterocycles. The Balaban J connectivity index is 1.93. The molecule has 2 rings (SSSR count). The van der Waals surface area contributed by atoms with Crippen molar-refractivity contribution in [3.05, 3.63) is 34.6 Å². The average Bonchev–Trinajstić information content (AvgIpc) is 2.38. The number of hydrogen-bond acceptors (Lipinski definition) is 2. The lowest BCUT2D eigenvalue weighted by atomic mass is 9.86. The molecule has 1 aromatic rings. The molecule has 19 heavy (non-hydrogen) atoms. The highest BCUT2D eigenvalue weighted by Gasteiger charge is 2.26. The van der Waals surface area contributed by atoms with E-state index in [1.54, 1.807) is 12.1 Å². The Morgan fingerprint density at radius 1 is 1.47 bits per heavy atom. The Hall–Kier alpha value is -1.13. The fourth-order valence-corrected chi connectivity index (χ4v) is 2.78. The number of nitrogens with one attached hydrogen (secondary N) is 1. The van der Waals surface area contributed by atoms with Crippen molar-refractivity contribution in [1.29, 1.82) is 0 Å². The molecular formula is C14H17ClFNO2. The topological polar surface area (TPSA) is 49.3 Å². The molecule has 0 aliphatic heterocycles. The van der Waals surface area contributed by atoms with Gasteiger partial charge in [-0.15, -0.1) is 0 Å². The number of benzene rings is 1. The van der Waals surface area contributed by atoms with Crippen LogP contribution in [0.25, 0.3) is 0 Å². The fourth-order valence-electron chi connectivity index (χ4n) is 2.55. The average molecular weight is 286 g/mol. The summed E-state index contributed by atoms with van der Waals surface area (Å²) in [6, 6.07) is 4.72. The molecular weight excluding hydrogens is 269 g/mol. The van der Waals surface area contributed by atoms with E-state index in [0.717, 1.165) is 19.3 Å². The lowest BCUT2D eigenvalue weighted by Crippen LogP contribution is -2.36. The second-order valence-electron chi connectivity index (χ2n) is 4.98. The first-order valence-corrected chi connectivity index (χ1v) is 6.85. The van der Waals surface area contributed by atoms with E-state index in [2.05, 4.69) is 5.32 Å². The predicted octanol–water partition coefficient (Wildman–Crippen LogP) is 3.21. The quantitative estimate of drug-likeness (QED) is 0.893. The SMILES string of the molecule is O=C(O)C1CCCC(NCc2c(F)cccc2Cl)C1. The molecule has 5 heteroatoms. The van der Waals surface area contributed by atoms with Crippen LogP contribution in [-0.4, -0.2) is 17.1 Å². The molecule has 1 aromatic carbocycles. The minimum Gasteiger partial charge on any atom is -0.481 e. The first-order chi connectivity index (χ1) is 9.08. The molecule has 0 spiro atoms. The number of rotatable bonds is 4. The predicted molar refractivity (Wildman–Crippen MR) is 71.6 cm³/mol. The number of aliphatic carboxylic acids is 1. The van der Waals surface area contributed by atoms with Crippen molar-refractivity contribution >= 4 is 17.6 Å². The van der Waals surface area contributed by atoms with Crippen LogP contribution in [0.15, 0.2) is 18.2 Å². The Bertz CT molecular complexity index is 447. The Morgan fingerprint density at radius 3 is 2.95 bits per heavy atom. The maximum Gasteiger partial charge on any atom is 0.306 e. The zero-order valence-corrected chi connectivity index (χ0v) is 11.3. The number of halogens is 2. The number of hydrogen-bond donors (Lipinski definition) is 2. The molecule has 1 saturated carbocycles. The van der Waals surface area contributed by atoms with Crippen LogP contribution in [0.3, 0.4) is 0 Å². The molecule has 0 amide bonds. The monoisotopic (exact) mass is 285 g/mol. The highest BCUT2D eigenvalue weighted by molar-refractivity contribution is 6.31.